The Labute approximate surface area is 88.5 Å². The topological polar surface area (TPSA) is 23.8 Å². The molecular formula is C13H23N. The van der Waals surface area contributed by atoms with Gasteiger partial charge >= 0.3 is 0 Å². The van der Waals surface area contributed by atoms with E-state index in [1.165, 1.54) is 25.7 Å². The fraction of sp³-hybridized carbons (Fsp3) is 0.923. The van der Waals surface area contributed by atoms with Crippen LogP contribution in [0.25, 0.3) is 0 Å². The van der Waals surface area contributed by atoms with Crippen LogP contribution in [0.1, 0.15) is 59.3 Å². The third-order valence-corrected chi connectivity index (χ3v) is 4.02. The highest BCUT2D eigenvalue weighted by Gasteiger charge is 2.37. The first-order valence-electron chi connectivity index (χ1n) is 6.06. The lowest BCUT2D eigenvalue weighted by Crippen LogP contribution is -2.31. The van der Waals surface area contributed by atoms with E-state index in [4.69, 9.17) is 0 Å². The highest BCUT2D eigenvalue weighted by atomic mass is 14.4. The maximum Gasteiger partial charge on any atom is 0.0692 e. The fourth-order valence-corrected chi connectivity index (χ4v) is 2.71. The molecule has 0 heterocycles. The summed E-state index contributed by atoms with van der Waals surface area (Å²) in [6.07, 6.45) is 7.47. The van der Waals surface area contributed by atoms with Gasteiger partial charge in [-0.3, -0.25) is 0 Å². The Bertz CT molecular complexity index is 204. The molecule has 1 aliphatic rings. The van der Waals surface area contributed by atoms with Crippen LogP contribution in [0, 0.1) is 28.6 Å². The largest absolute Gasteiger partial charge is 0.198 e. The second kappa shape index (κ2) is 4.82. The fourth-order valence-electron chi connectivity index (χ4n) is 2.71. The first-order chi connectivity index (χ1) is 6.64. The molecule has 0 saturated heterocycles. The van der Waals surface area contributed by atoms with Gasteiger partial charge in [0.25, 0.3) is 0 Å². The maximum atomic E-state index is 9.28. The van der Waals surface area contributed by atoms with Gasteiger partial charge in [-0.1, -0.05) is 33.6 Å². The molecule has 1 fully saturated rings. The van der Waals surface area contributed by atoms with Gasteiger partial charge in [0.05, 0.1) is 11.5 Å². The van der Waals surface area contributed by atoms with Gasteiger partial charge in [0.2, 0.25) is 0 Å². The summed E-state index contributed by atoms with van der Waals surface area (Å²) in [6.45, 7) is 6.65. The Hall–Kier alpha value is -0.510. The molecule has 0 bridgehead atoms. The minimum atomic E-state index is 0.00421. The van der Waals surface area contributed by atoms with Gasteiger partial charge in [0.15, 0.2) is 0 Å². The Morgan fingerprint density at radius 3 is 2.29 bits per heavy atom. The molecule has 0 spiro atoms. The van der Waals surface area contributed by atoms with E-state index in [2.05, 4.69) is 26.8 Å². The van der Waals surface area contributed by atoms with Crippen molar-refractivity contribution in [2.45, 2.75) is 59.3 Å². The van der Waals surface area contributed by atoms with Crippen LogP contribution in [-0.4, -0.2) is 0 Å². The molecule has 1 saturated carbocycles. The van der Waals surface area contributed by atoms with Crippen molar-refractivity contribution < 1.29 is 0 Å². The predicted octanol–water partition coefficient (Wildman–Crippen LogP) is 4.14. The summed E-state index contributed by atoms with van der Waals surface area (Å²) in [6, 6.07) is 2.58. The van der Waals surface area contributed by atoms with Gasteiger partial charge in [0.1, 0.15) is 0 Å². The van der Waals surface area contributed by atoms with E-state index >= 15 is 0 Å². The van der Waals surface area contributed by atoms with Gasteiger partial charge in [0, 0.05) is 0 Å². The Morgan fingerprint density at radius 2 is 1.93 bits per heavy atom. The Morgan fingerprint density at radius 1 is 1.36 bits per heavy atom. The maximum absolute atomic E-state index is 9.28. The summed E-state index contributed by atoms with van der Waals surface area (Å²) in [7, 11) is 0. The molecule has 0 aliphatic heterocycles. The van der Waals surface area contributed by atoms with Crippen molar-refractivity contribution >= 4 is 0 Å². The highest BCUT2D eigenvalue weighted by molar-refractivity contribution is 5.03. The normalized spacial score (nSPS) is 32.9. The number of nitriles is 1. The Balaban J connectivity index is 2.52. The third kappa shape index (κ3) is 2.29. The van der Waals surface area contributed by atoms with Crippen LogP contribution in [0.2, 0.25) is 0 Å². The summed E-state index contributed by atoms with van der Waals surface area (Å²) < 4.78 is 0. The number of hydrogen-bond donors (Lipinski definition) is 0. The summed E-state index contributed by atoms with van der Waals surface area (Å²) in [5.41, 5.74) is 0.00421. The van der Waals surface area contributed by atoms with Crippen molar-refractivity contribution in [3.05, 3.63) is 0 Å². The molecule has 0 N–H and O–H groups in total. The second-order valence-electron chi connectivity index (χ2n) is 5.15. The summed E-state index contributed by atoms with van der Waals surface area (Å²) in [5.74, 6) is 1.43. The molecular weight excluding hydrogens is 170 g/mol. The molecule has 0 radical (unpaired) electrons. The van der Waals surface area contributed by atoms with Gasteiger partial charge in [-0.2, -0.15) is 5.26 Å². The zero-order chi connectivity index (χ0) is 10.6. The van der Waals surface area contributed by atoms with Crippen molar-refractivity contribution in [1.82, 2.24) is 0 Å². The monoisotopic (exact) mass is 193 g/mol. The van der Waals surface area contributed by atoms with Gasteiger partial charge < -0.3 is 0 Å². The van der Waals surface area contributed by atoms with E-state index in [0.29, 0.717) is 5.92 Å². The summed E-state index contributed by atoms with van der Waals surface area (Å²) in [4.78, 5) is 0. The van der Waals surface area contributed by atoms with Crippen molar-refractivity contribution in [2.75, 3.05) is 0 Å². The third-order valence-electron chi connectivity index (χ3n) is 4.02. The second-order valence-corrected chi connectivity index (χ2v) is 5.15. The molecule has 0 aromatic heterocycles. The number of hydrogen-bond acceptors (Lipinski definition) is 1. The number of rotatable bonds is 3. The average molecular weight is 193 g/mol. The minimum Gasteiger partial charge on any atom is -0.198 e. The SMILES string of the molecule is CCCC1CCC(C#N)(C(C)C)CC1. The number of nitrogens with zero attached hydrogens (tertiary/aromatic N) is 1. The van der Waals surface area contributed by atoms with Crippen LogP contribution in [0.3, 0.4) is 0 Å². The average Bonchev–Trinajstić information content (AvgIpc) is 2.19. The van der Waals surface area contributed by atoms with Crippen molar-refractivity contribution in [3.63, 3.8) is 0 Å². The predicted molar refractivity (Wildman–Crippen MR) is 59.8 cm³/mol. The zero-order valence-electron chi connectivity index (χ0n) is 9.84. The lowest BCUT2D eigenvalue weighted by Gasteiger charge is -2.37. The molecule has 0 aromatic rings. The molecule has 1 heteroatoms. The molecule has 1 aliphatic carbocycles. The lowest BCUT2D eigenvalue weighted by molar-refractivity contribution is 0.148. The van der Waals surface area contributed by atoms with Gasteiger partial charge in [-0.25, -0.2) is 0 Å². The molecule has 80 valence electrons. The van der Waals surface area contributed by atoms with Gasteiger partial charge in [-0.05, 0) is 37.5 Å². The van der Waals surface area contributed by atoms with E-state index in [0.717, 1.165) is 18.8 Å². The molecule has 1 rings (SSSR count). The van der Waals surface area contributed by atoms with E-state index in [9.17, 15) is 5.26 Å². The molecule has 0 amide bonds. The van der Waals surface area contributed by atoms with Crippen molar-refractivity contribution in [3.8, 4) is 6.07 Å². The first kappa shape index (κ1) is 11.6. The van der Waals surface area contributed by atoms with Crippen LogP contribution in [0.5, 0.6) is 0 Å². The quantitative estimate of drug-likeness (QED) is 0.660. The summed E-state index contributed by atoms with van der Waals surface area (Å²) in [5, 5.41) is 9.28. The standard InChI is InChI=1S/C13H23N/c1-4-5-12-6-8-13(10-14,9-7-12)11(2)3/h11-12H,4-9H2,1-3H3. The van der Waals surface area contributed by atoms with Crippen LogP contribution >= 0.6 is 0 Å². The van der Waals surface area contributed by atoms with Gasteiger partial charge in [-0.15, -0.1) is 0 Å². The van der Waals surface area contributed by atoms with Crippen molar-refractivity contribution in [2.24, 2.45) is 17.3 Å². The van der Waals surface area contributed by atoms with Crippen LogP contribution in [0.15, 0.2) is 0 Å². The molecule has 14 heavy (non-hydrogen) atoms. The highest BCUT2D eigenvalue weighted by Crippen LogP contribution is 2.44. The van der Waals surface area contributed by atoms with Crippen LogP contribution in [-0.2, 0) is 0 Å². The minimum absolute atomic E-state index is 0.00421. The molecule has 0 aromatic carbocycles. The van der Waals surface area contributed by atoms with Crippen molar-refractivity contribution in [1.29, 1.82) is 5.26 Å². The zero-order valence-corrected chi connectivity index (χ0v) is 9.84. The smallest absolute Gasteiger partial charge is 0.0692 e. The van der Waals surface area contributed by atoms with Crippen LogP contribution < -0.4 is 0 Å². The Kier molecular flexibility index (Phi) is 3.98. The van der Waals surface area contributed by atoms with E-state index in [-0.39, 0.29) is 5.41 Å². The first-order valence-corrected chi connectivity index (χ1v) is 6.06. The van der Waals surface area contributed by atoms with E-state index in [1.807, 2.05) is 0 Å². The molecule has 0 atom stereocenters. The summed E-state index contributed by atoms with van der Waals surface area (Å²) >= 11 is 0. The van der Waals surface area contributed by atoms with Crippen LogP contribution in [0.4, 0.5) is 0 Å². The molecule has 1 nitrogen and oxygen atoms in total. The van der Waals surface area contributed by atoms with E-state index in [1.54, 1.807) is 0 Å². The molecule has 0 unspecified atom stereocenters. The lowest BCUT2D eigenvalue weighted by atomic mass is 9.65. The van der Waals surface area contributed by atoms with E-state index < -0.39 is 0 Å².